The van der Waals surface area contributed by atoms with Crippen LogP contribution in [0.3, 0.4) is 0 Å². The smallest absolute Gasteiger partial charge is 0.272 e. The number of fused-ring (bicyclic) bond motifs is 2. The van der Waals surface area contributed by atoms with Crippen LogP contribution >= 0.6 is 11.8 Å². The summed E-state index contributed by atoms with van der Waals surface area (Å²) in [7, 11) is 0. The van der Waals surface area contributed by atoms with Crippen LogP contribution in [0.5, 0.6) is 0 Å². The molecule has 0 aliphatic rings. The molecule has 0 fully saturated rings. The SMILES string of the molecule is O=C(Nc1cccc(SC(C(=O)Nc2ccc(-c3nc4ccccc4o3)cc2)c2ccccc2)c1)/C(=C\c1cccc2ccccc12)NC(=O)c1ccccc1. The van der Waals surface area contributed by atoms with Crippen molar-refractivity contribution < 1.29 is 18.8 Å². The third kappa shape index (κ3) is 8.28. The normalized spacial score (nSPS) is 11.9. The Hall–Kier alpha value is -7.23. The van der Waals surface area contributed by atoms with E-state index in [4.69, 9.17) is 4.42 Å². The number of amides is 3. The molecule has 8 nitrogen and oxygen atoms in total. The predicted molar refractivity (Wildman–Crippen MR) is 224 cm³/mol. The minimum atomic E-state index is -0.620. The van der Waals surface area contributed by atoms with E-state index in [-0.39, 0.29) is 11.6 Å². The minimum Gasteiger partial charge on any atom is -0.436 e. The van der Waals surface area contributed by atoms with E-state index < -0.39 is 17.1 Å². The number of aromatic nitrogens is 1. The third-order valence-corrected chi connectivity index (χ3v) is 10.3. The van der Waals surface area contributed by atoms with Crippen LogP contribution < -0.4 is 16.0 Å². The van der Waals surface area contributed by atoms with Crippen LogP contribution in [0.4, 0.5) is 11.4 Å². The highest BCUT2D eigenvalue weighted by molar-refractivity contribution is 8.00. The number of nitrogens with zero attached hydrogens (tertiary/aromatic N) is 1. The Labute approximate surface area is 327 Å². The number of rotatable bonds is 11. The van der Waals surface area contributed by atoms with Gasteiger partial charge in [-0.25, -0.2) is 4.98 Å². The number of thioether (sulfide) groups is 1. The molecule has 0 radical (unpaired) electrons. The van der Waals surface area contributed by atoms with Crippen molar-refractivity contribution >= 4 is 68.8 Å². The number of carbonyl (C=O) groups excluding carboxylic acids is 3. The molecule has 0 spiro atoms. The van der Waals surface area contributed by atoms with Gasteiger partial charge in [-0.05, 0) is 94.7 Å². The standard InChI is InChI=1S/C47H34N4O4S/c52-44(33-16-5-2-6-17-33)50-41(29-35-19-11-18-31-13-7-8-22-39(31)35)45(53)49-37-20-12-21-38(30-37)56-43(32-14-3-1-4-15-32)46(54)48-36-27-25-34(26-28-36)47-51-40-23-9-10-24-42(40)55-47/h1-30,43H,(H,48,54)(H,49,53)(H,50,52)/b41-29+. The van der Waals surface area contributed by atoms with Crippen molar-refractivity contribution in [2.45, 2.75) is 10.1 Å². The fraction of sp³-hybridized carbons (Fsp3) is 0.0213. The molecule has 1 aromatic heterocycles. The summed E-state index contributed by atoms with van der Waals surface area (Å²) in [6.07, 6.45) is 1.69. The largest absolute Gasteiger partial charge is 0.436 e. The number of anilines is 2. The van der Waals surface area contributed by atoms with E-state index in [0.29, 0.717) is 28.4 Å². The zero-order chi connectivity index (χ0) is 38.3. The maximum Gasteiger partial charge on any atom is 0.272 e. The topological polar surface area (TPSA) is 113 Å². The molecule has 0 bridgehead atoms. The Morgan fingerprint density at radius 1 is 0.643 bits per heavy atom. The quantitative estimate of drug-likeness (QED) is 0.0896. The maximum atomic E-state index is 14.0. The van der Waals surface area contributed by atoms with Gasteiger partial charge in [0.15, 0.2) is 5.58 Å². The van der Waals surface area contributed by atoms with Crippen LogP contribution in [-0.4, -0.2) is 22.7 Å². The summed E-state index contributed by atoms with van der Waals surface area (Å²) in [6.45, 7) is 0. The minimum absolute atomic E-state index is 0.0805. The highest BCUT2D eigenvalue weighted by Crippen LogP contribution is 2.37. The lowest BCUT2D eigenvalue weighted by Crippen LogP contribution is -2.30. The first kappa shape index (κ1) is 35.8. The molecule has 272 valence electrons. The molecule has 9 heteroatoms. The van der Waals surface area contributed by atoms with Crippen LogP contribution in [0.15, 0.2) is 191 Å². The fourth-order valence-electron chi connectivity index (χ4n) is 6.26. The molecule has 56 heavy (non-hydrogen) atoms. The number of carbonyl (C=O) groups is 3. The van der Waals surface area contributed by atoms with Crippen molar-refractivity contribution in [3.05, 3.63) is 198 Å². The summed E-state index contributed by atoms with van der Waals surface area (Å²) >= 11 is 1.36. The average molecular weight is 751 g/mol. The molecule has 0 saturated heterocycles. The Kier molecular flexibility index (Phi) is 10.5. The third-order valence-electron chi connectivity index (χ3n) is 9.03. The number of benzene rings is 7. The average Bonchev–Trinajstić information content (AvgIpc) is 3.68. The van der Waals surface area contributed by atoms with Crippen molar-refractivity contribution in [2.75, 3.05) is 10.6 Å². The van der Waals surface area contributed by atoms with E-state index in [1.807, 2.05) is 146 Å². The van der Waals surface area contributed by atoms with Crippen molar-refractivity contribution in [1.82, 2.24) is 10.3 Å². The van der Waals surface area contributed by atoms with Crippen molar-refractivity contribution in [1.29, 1.82) is 0 Å². The van der Waals surface area contributed by atoms with Gasteiger partial charge in [0.05, 0.1) is 0 Å². The van der Waals surface area contributed by atoms with E-state index >= 15 is 0 Å². The van der Waals surface area contributed by atoms with Gasteiger partial charge in [0.2, 0.25) is 11.8 Å². The fourth-order valence-corrected chi connectivity index (χ4v) is 7.34. The predicted octanol–water partition coefficient (Wildman–Crippen LogP) is 10.5. The zero-order valence-corrected chi connectivity index (χ0v) is 30.7. The van der Waals surface area contributed by atoms with Gasteiger partial charge in [0.1, 0.15) is 16.5 Å². The van der Waals surface area contributed by atoms with Gasteiger partial charge in [-0.15, -0.1) is 11.8 Å². The maximum absolute atomic E-state index is 14.0. The lowest BCUT2D eigenvalue weighted by Gasteiger charge is -2.18. The highest BCUT2D eigenvalue weighted by Gasteiger charge is 2.23. The van der Waals surface area contributed by atoms with Crippen LogP contribution in [0.2, 0.25) is 0 Å². The first-order valence-electron chi connectivity index (χ1n) is 17.9. The van der Waals surface area contributed by atoms with Gasteiger partial charge in [0.25, 0.3) is 11.8 Å². The Bertz CT molecular complexity index is 2670. The second-order valence-electron chi connectivity index (χ2n) is 12.9. The van der Waals surface area contributed by atoms with Gasteiger partial charge in [-0.1, -0.05) is 109 Å². The molecule has 3 N–H and O–H groups in total. The first-order valence-corrected chi connectivity index (χ1v) is 18.8. The molecule has 0 aliphatic heterocycles. The lowest BCUT2D eigenvalue weighted by atomic mass is 10.0. The molecular weight excluding hydrogens is 717 g/mol. The van der Waals surface area contributed by atoms with E-state index in [9.17, 15) is 14.4 Å². The van der Waals surface area contributed by atoms with Gasteiger partial charge in [-0.3, -0.25) is 14.4 Å². The molecule has 8 rings (SSSR count). The van der Waals surface area contributed by atoms with Crippen molar-refractivity contribution in [3.63, 3.8) is 0 Å². The van der Waals surface area contributed by atoms with Crippen molar-refractivity contribution in [2.24, 2.45) is 0 Å². The molecule has 8 aromatic rings. The van der Waals surface area contributed by atoms with Gasteiger partial charge in [-0.2, -0.15) is 0 Å². The van der Waals surface area contributed by atoms with E-state index in [0.717, 1.165) is 37.9 Å². The van der Waals surface area contributed by atoms with Crippen LogP contribution in [0, 0.1) is 0 Å². The van der Waals surface area contributed by atoms with Crippen molar-refractivity contribution in [3.8, 4) is 11.5 Å². The van der Waals surface area contributed by atoms with E-state index in [2.05, 4.69) is 20.9 Å². The second kappa shape index (κ2) is 16.4. The molecule has 0 aliphatic carbocycles. The Morgan fingerprint density at radius 2 is 1.34 bits per heavy atom. The molecule has 1 atom stereocenters. The summed E-state index contributed by atoms with van der Waals surface area (Å²) < 4.78 is 5.91. The highest BCUT2D eigenvalue weighted by atomic mass is 32.2. The van der Waals surface area contributed by atoms with E-state index in [1.165, 1.54) is 11.8 Å². The molecular formula is C47H34N4O4S. The molecule has 3 amide bonds. The zero-order valence-electron chi connectivity index (χ0n) is 29.9. The van der Waals surface area contributed by atoms with Gasteiger partial charge < -0.3 is 20.4 Å². The molecule has 7 aromatic carbocycles. The van der Waals surface area contributed by atoms with E-state index in [1.54, 1.807) is 36.4 Å². The summed E-state index contributed by atoms with van der Waals surface area (Å²) in [5.74, 6) is -0.616. The number of hydrogen-bond acceptors (Lipinski definition) is 6. The first-order chi connectivity index (χ1) is 27.5. The molecule has 1 unspecified atom stereocenters. The monoisotopic (exact) mass is 750 g/mol. The summed E-state index contributed by atoms with van der Waals surface area (Å²) in [5.41, 5.74) is 5.50. The number of nitrogens with one attached hydrogen (secondary N) is 3. The van der Waals surface area contributed by atoms with Gasteiger partial charge in [0, 0.05) is 27.4 Å². The summed E-state index contributed by atoms with van der Waals surface area (Å²) in [4.78, 5) is 46.6. The number of hydrogen-bond donors (Lipinski definition) is 3. The number of oxazole rings is 1. The number of para-hydroxylation sites is 2. The Morgan fingerprint density at radius 3 is 2.14 bits per heavy atom. The van der Waals surface area contributed by atoms with Crippen LogP contribution in [-0.2, 0) is 9.59 Å². The van der Waals surface area contributed by atoms with Crippen LogP contribution in [0.25, 0.3) is 39.4 Å². The Balaban J connectivity index is 1.02. The van der Waals surface area contributed by atoms with Gasteiger partial charge >= 0.3 is 0 Å². The molecule has 1 heterocycles. The summed E-state index contributed by atoms with van der Waals surface area (Å²) in [6, 6.07) is 54.2. The summed E-state index contributed by atoms with van der Waals surface area (Å²) in [5, 5.41) is 10.2. The molecule has 0 saturated carbocycles. The lowest BCUT2D eigenvalue weighted by molar-refractivity contribution is -0.116. The second-order valence-corrected chi connectivity index (χ2v) is 14.1. The van der Waals surface area contributed by atoms with Crippen LogP contribution in [0.1, 0.15) is 26.7 Å².